The topological polar surface area (TPSA) is 59.4 Å². The lowest BCUT2D eigenvalue weighted by Crippen LogP contribution is -2.42. The highest BCUT2D eigenvalue weighted by molar-refractivity contribution is 5.95. The number of aryl methyl sites for hydroxylation is 1. The van der Waals surface area contributed by atoms with Gasteiger partial charge in [0.2, 0.25) is 0 Å². The van der Waals surface area contributed by atoms with Crippen LogP contribution in [0.2, 0.25) is 0 Å². The van der Waals surface area contributed by atoms with E-state index in [0.717, 1.165) is 55.9 Å². The first-order valence-corrected chi connectivity index (χ1v) is 11.8. The fraction of sp³-hybridized carbons (Fsp3) is 0.462. The fourth-order valence-corrected chi connectivity index (χ4v) is 5.31. The molecule has 2 aliphatic heterocycles. The minimum atomic E-state index is -0.296. The van der Waals surface area contributed by atoms with E-state index in [1.807, 2.05) is 0 Å². The molecule has 2 atom stereocenters. The molecule has 5 rings (SSSR count). The third-order valence-corrected chi connectivity index (χ3v) is 7.01. The molecule has 32 heavy (non-hydrogen) atoms. The summed E-state index contributed by atoms with van der Waals surface area (Å²) in [4.78, 5) is 19.5. The maximum atomic E-state index is 12.5. The number of hydrogen-bond acceptors (Lipinski definition) is 4. The maximum absolute atomic E-state index is 12.5. The van der Waals surface area contributed by atoms with Crippen molar-refractivity contribution >= 4 is 22.8 Å². The molecule has 0 bridgehead atoms. The monoisotopic (exact) mass is 432 g/mol. The summed E-state index contributed by atoms with van der Waals surface area (Å²) in [5.74, 6) is 1.71. The number of benzene rings is 2. The lowest BCUT2D eigenvalue weighted by Gasteiger charge is -2.34. The second-order valence-corrected chi connectivity index (χ2v) is 9.17. The van der Waals surface area contributed by atoms with E-state index < -0.39 is 0 Å². The highest BCUT2D eigenvalue weighted by Crippen LogP contribution is 2.37. The van der Waals surface area contributed by atoms with Crippen LogP contribution < -0.4 is 10.2 Å². The van der Waals surface area contributed by atoms with Crippen LogP contribution in [0.5, 0.6) is 0 Å². The molecule has 0 unspecified atom stereocenters. The Morgan fingerprint density at radius 1 is 1.19 bits per heavy atom. The summed E-state index contributed by atoms with van der Waals surface area (Å²) in [6.45, 7) is 5.23. The summed E-state index contributed by atoms with van der Waals surface area (Å²) in [6.07, 6.45) is 4.82. The molecule has 168 valence electrons. The van der Waals surface area contributed by atoms with Gasteiger partial charge < -0.3 is 14.6 Å². The van der Waals surface area contributed by atoms with Crippen molar-refractivity contribution < 1.29 is 9.53 Å². The second kappa shape index (κ2) is 8.94. The Kier molecular flexibility index (Phi) is 5.87. The van der Waals surface area contributed by atoms with Gasteiger partial charge in [-0.2, -0.15) is 0 Å². The van der Waals surface area contributed by atoms with Crippen molar-refractivity contribution in [3.63, 3.8) is 0 Å². The quantitative estimate of drug-likeness (QED) is 0.658. The molecule has 0 saturated carbocycles. The van der Waals surface area contributed by atoms with Crippen LogP contribution in [-0.4, -0.2) is 41.9 Å². The standard InChI is InChI=1S/C26H32N4O2/c1-18-10-11-21-22(30(18)26(31)32-2)12-13-23-25(21)28-24(15-19-7-4-3-5-8-19)29(23)17-20-9-6-14-27-16-20/h3-5,7-8,12-13,18,20,27H,6,9-11,14-17H2,1-2H3/t18-,20-/m0/s1. The Hall–Kier alpha value is -2.86. The number of carbonyl (C=O) groups excluding carboxylic acids is 1. The molecule has 0 radical (unpaired) electrons. The normalized spacial score (nSPS) is 20.9. The lowest BCUT2D eigenvalue weighted by molar-refractivity contribution is 0.175. The first-order chi connectivity index (χ1) is 15.7. The number of anilines is 1. The molecule has 0 aliphatic carbocycles. The van der Waals surface area contributed by atoms with Crippen LogP contribution in [0.15, 0.2) is 42.5 Å². The summed E-state index contributed by atoms with van der Waals surface area (Å²) >= 11 is 0. The Labute approximate surface area is 189 Å². The Morgan fingerprint density at radius 2 is 2.03 bits per heavy atom. The third kappa shape index (κ3) is 3.88. The van der Waals surface area contributed by atoms with Gasteiger partial charge in [-0.3, -0.25) is 4.90 Å². The van der Waals surface area contributed by atoms with Gasteiger partial charge in [-0.15, -0.1) is 0 Å². The van der Waals surface area contributed by atoms with E-state index in [4.69, 9.17) is 9.72 Å². The highest BCUT2D eigenvalue weighted by Gasteiger charge is 2.31. The van der Waals surface area contributed by atoms with E-state index >= 15 is 0 Å². The Bertz CT molecular complexity index is 1100. The molecule has 6 heteroatoms. The summed E-state index contributed by atoms with van der Waals surface area (Å²) < 4.78 is 7.52. The van der Waals surface area contributed by atoms with E-state index in [9.17, 15) is 4.79 Å². The second-order valence-electron chi connectivity index (χ2n) is 9.17. The SMILES string of the molecule is COC(=O)N1c2ccc3c(nc(Cc4ccccc4)n3C[C@H]3CCCNC3)c2CC[C@@H]1C. The minimum absolute atomic E-state index is 0.117. The average molecular weight is 433 g/mol. The number of hydrogen-bond donors (Lipinski definition) is 1. The highest BCUT2D eigenvalue weighted by atomic mass is 16.5. The third-order valence-electron chi connectivity index (χ3n) is 7.01. The maximum Gasteiger partial charge on any atom is 0.414 e. The van der Waals surface area contributed by atoms with Crippen molar-refractivity contribution in [2.24, 2.45) is 5.92 Å². The van der Waals surface area contributed by atoms with Crippen molar-refractivity contribution in [2.75, 3.05) is 25.1 Å². The first-order valence-electron chi connectivity index (χ1n) is 11.8. The van der Waals surface area contributed by atoms with Gasteiger partial charge in [0.05, 0.1) is 23.8 Å². The van der Waals surface area contributed by atoms with E-state index in [2.05, 4.69) is 59.3 Å². The van der Waals surface area contributed by atoms with E-state index in [1.165, 1.54) is 36.6 Å². The summed E-state index contributed by atoms with van der Waals surface area (Å²) in [5.41, 5.74) is 5.60. The molecule has 2 aliphatic rings. The number of piperidine rings is 1. The van der Waals surface area contributed by atoms with Gasteiger partial charge in [-0.05, 0) is 69.3 Å². The van der Waals surface area contributed by atoms with Gasteiger partial charge in [-0.1, -0.05) is 30.3 Å². The molecule has 3 heterocycles. The average Bonchev–Trinajstić information content (AvgIpc) is 3.16. The number of imidazole rings is 1. The van der Waals surface area contributed by atoms with Crippen molar-refractivity contribution in [1.29, 1.82) is 0 Å². The number of ether oxygens (including phenoxy) is 1. The first kappa shape index (κ1) is 21.0. The summed E-state index contributed by atoms with van der Waals surface area (Å²) in [7, 11) is 1.45. The summed E-state index contributed by atoms with van der Waals surface area (Å²) in [6, 6.07) is 14.9. The van der Waals surface area contributed by atoms with Crippen LogP contribution in [0.25, 0.3) is 11.0 Å². The van der Waals surface area contributed by atoms with Crippen LogP contribution in [0.1, 0.15) is 43.1 Å². The number of nitrogens with one attached hydrogen (secondary N) is 1. The van der Waals surface area contributed by atoms with Crippen LogP contribution in [0, 0.1) is 5.92 Å². The molecular weight excluding hydrogens is 400 g/mol. The van der Waals surface area contributed by atoms with Gasteiger partial charge in [0.25, 0.3) is 0 Å². The van der Waals surface area contributed by atoms with Gasteiger partial charge in [0.1, 0.15) is 5.82 Å². The van der Waals surface area contributed by atoms with E-state index in [-0.39, 0.29) is 12.1 Å². The van der Waals surface area contributed by atoms with Gasteiger partial charge >= 0.3 is 6.09 Å². The smallest absolute Gasteiger partial charge is 0.414 e. The fourth-order valence-electron chi connectivity index (χ4n) is 5.31. The molecule has 3 aromatic rings. The predicted molar refractivity (Wildman–Crippen MR) is 127 cm³/mol. The van der Waals surface area contributed by atoms with Crippen LogP contribution in [0.4, 0.5) is 10.5 Å². The number of fused-ring (bicyclic) bond motifs is 3. The molecule has 1 amide bonds. The predicted octanol–water partition coefficient (Wildman–Crippen LogP) is 4.53. The van der Waals surface area contributed by atoms with Gasteiger partial charge in [0.15, 0.2) is 0 Å². The Morgan fingerprint density at radius 3 is 2.78 bits per heavy atom. The van der Waals surface area contributed by atoms with Gasteiger partial charge in [-0.25, -0.2) is 9.78 Å². The van der Waals surface area contributed by atoms with Crippen LogP contribution in [-0.2, 0) is 24.1 Å². The van der Waals surface area contributed by atoms with Crippen molar-refractivity contribution in [3.05, 3.63) is 59.4 Å². The van der Waals surface area contributed by atoms with Gasteiger partial charge in [0, 0.05) is 24.6 Å². The molecular formula is C26H32N4O2. The number of aromatic nitrogens is 2. The molecule has 2 aromatic carbocycles. The molecule has 1 aromatic heterocycles. The van der Waals surface area contributed by atoms with E-state index in [1.54, 1.807) is 4.90 Å². The van der Waals surface area contributed by atoms with Crippen LogP contribution in [0.3, 0.4) is 0 Å². The van der Waals surface area contributed by atoms with E-state index in [0.29, 0.717) is 5.92 Å². The number of amides is 1. The number of nitrogens with zero attached hydrogens (tertiary/aromatic N) is 3. The lowest BCUT2D eigenvalue weighted by atomic mass is 9.95. The number of rotatable bonds is 4. The molecule has 1 fully saturated rings. The van der Waals surface area contributed by atoms with Crippen molar-refractivity contribution in [2.45, 2.75) is 51.6 Å². The zero-order valence-corrected chi connectivity index (χ0v) is 19.0. The molecule has 6 nitrogen and oxygen atoms in total. The van der Waals surface area contributed by atoms with Crippen molar-refractivity contribution in [3.8, 4) is 0 Å². The number of carbonyl (C=O) groups is 1. The summed E-state index contributed by atoms with van der Waals surface area (Å²) in [5, 5.41) is 3.55. The Balaban J connectivity index is 1.61. The largest absolute Gasteiger partial charge is 0.452 e. The minimum Gasteiger partial charge on any atom is -0.452 e. The number of methoxy groups -OCH3 is 1. The molecule has 0 spiro atoms. The van der Waals surface area contributed by atoms with Crippen molar-refractivity contribution in [1.82, 2.24) is 14.9 Å². The van der Waals surface area contributed by atoms with Crippen LogP contribution >= 0.6 is 0 Å². The molecule has 1 saturated heterocycles. The zero-order valence-electron chi connectivity index (χ0n) is 19.0. The molecule has 1 N–H and O–H groups in total. The zero-order chi connectivity index (χ0) is 22.1.